The predicted octanol–water partition coefficient (Wildman–Crippen LogP) is 3.66. The molecule has 19 heavy (non-hydrogen) atoms. The second-order valence-corrected chi connectivity index (χ2v) is 7.21. The van der Waals surface area contributed by atoms with Crippen molar-refractivity contribution in [1.82, 2.24) is 0 Å². The Balaban J connectivity index is 2.38. The number of ether oxygens (including phenoxy) is 1. The minimum absolute atomic E-state index is 0.227. The Morgan fingerprint density at radius 2 is 1.79 bits per heavy atom. The molecule has 0 N–H and O–H groups in total. The second-order valence-electron chi connectivity index (χ2n) is 6.30. The van der Waals surface area contributed by atoms with Crippen LogP contribution < -0.4 is 4.90 Å². The summed E-state index contributed by atoms with van der Waals surface area (Å²) >= 11 is 3.40. The van der Waals surface area contributed by atoms with Gasteiger partial charge in [-0.25, -0.2) is 0 Å². The van der Waals surface area contributed by atoms with Crippen LogP contribution in [0.1, 0.15) is 38.1 Å². The van der Waals surface area contributed by atoms with Crippen LogP contribution >= 0.6 is 15.9 Å². The van der Waals surface area contributed by atoms with Gasteiger partial charge in [-0.1, -0.05) is 15.9 Å². The zero-order valence-corrected chi connectivity index (χ0v) is 13.5. The largest absolute Gasteiger partial charge is 0.366 e. The molecule has 0 unspecified atom stereocenters. The van der Waals surface area contributed by atoms with E-state index in [0.29, 0.717) is 5.56 Å². The quantitative estimate of drug-likeness (QED) is 0.777. The normalized spacial score (nSPS) is 21.2. The minimum Gasteiger partial charge on any atom is -0.366 e. The highest BCUT2D eigenvalue weighted by Crippen LogP contribution is 2.33. The predicted molar refractivity (Wildman–Crippen MR) is 81.0 cm³/mol. The summed E-state index contributed by atoms with van der Waals surface area (Å²) in [7, 11) is 0. The van der Waals surface area contributed by atoms with Gasteiger partial charge in [0.1, 0.15) is 0 Å². The highest BCUT2D eigenvalue weighted by molar-refractivity contribution is 9.10. The Hall–Kier alpha value is -0.870. The molecule has 1 heterocycles. The van der Waals surface area contributed by atoms with E-state index in [2.05, 4.69) is 48.5 Å². The van der Waals surface area contributed by atoms with Gasteiger partial charge in [0.25, 0.3) is 0 Å². The molecule has 1 fully saturated rings. The molecule has 1 aliphatic rings. The van der Waals surface area contributed by atoms with Crippen molar-refractivity contribution in [2.75, 3.05) is 18.0 Å². The standard InChI is InChI=1S/C15H20BrNO2/c1-14(2)9-17(10-15(3,4)19-14)13-6-5-12(16)7-11(13)8-18/h5-8H,9-10H2,1-4H3. The zero-order valence-electron chi connectivity index (χ0n) is 11.9. The van der Waals surface area contributed by atoms with Gasteiger partial charge in [-0.2, -0.15) is 0 Å². The minimum atomic E-state index is -0.227. The van der Waals surface area contributed by atoms with E-state index in [4.69, 9.17) is 4.74 Å². The average molecular weight is 326 g/mol. The molecule has 0 spiro atoms. The van der Waals surface area contributed by atoms with Gasteiger partial charge in [-0.3, -0.25) is 4.79 Å². The van der Waals surface area contributed by atoms with Gasteiger partial charge in [-0.15, -0.1) is 0 Å². The van der Waals surface area contributed by atoms with E-state index in [-0.39, 0.29) is 11.2 Å². The first-order valence-corrected chi connectivity index (χ1v) is 7.22. The number of nitrogens with zero attached hydrogens (tertiary/aromatic N) is 1. The summed E-state index contributed by atoms with van der Waals surface area (Å²) < 4.78 is 6.99. The molecule has 1 aromatic rings. The van der Waals surface area contributed by atoms with Crippen molar-refractivity contribution in [1.29, 1.82) is 0 Å². The van der Waals surface area contributed by atoms with Gasteiger partial charge >= 0.3 is 0 Å². The first kappa shape index (κ1) is 14.5. The van der Waals surface area contributed by atoms with Crippen LogP contribution in [0.15, 0.2) is 22.7 Å². The van der Waals surface area contributed by atoms with Crippen LogP contribution in [0.4, 0.5) is 5.69 Å². The Morgan fingerprint density at radius 3 is 2.32 bits per heavy atom. The van der Waals surface area contributed by atoms with Crippen LogP contribution in [0.2, 0.25) is 0 Å². The number of rotatable bonds is 2. The molecule has 0 radical (unpaired) electrons. The van der Waals surface area contributed by atoms with Crippen molar-refractivity contribution < 1.29 is 9.53 Å². The number of carbonyl (C=O) groups excluding carboxylic acids is 1. The van der Waals surface area contributed by atoms with Crippen LogP contribution in [0, 0.1) is 0 Å². The number of halogens is 1. The van der Waals surface area contributed by atoms with E-state index in [0.717, 1.165) is 29.5 Å². The number of benzene rings is 1. The van der Waals surface area contributed by atoms with Crippen molar-refractivity contribution in [3.05, 3.63) is 28.2 Å². The Bertz CT molecular complexity index is 481. The zero-order chi connectivity index (χ0) is 14.3. The maximum atomic E-state index is 11.3. The smallest absolute Gasteiger partial charge is 0.152 e. The summed E-state index contributed by atoms with van der Waals surface area (Å²) in [5.41, 5.74) is 1.23. The molecule has 3 nitrogen and oxygen atoms in total. The summed E-state index contributed by atoms with van der Waals surface area (Å²) in [5.74, 6) is 0. The number of carbonyl (C=O) groups is 1. The van der Waals surface area contributed by atoms with Gasteiger partial charge in [-0.05, 0) is 45.9 Å². The molecular weight excluding hydrogens is 306 g/mol. The number of aldehydes is 1. The average Bonchev–Trinajstić information content (AvgIpc) is 2.24. The van der Waals surface area contributed by atoms with Crippen LogP contribution in [-0.4, -0.2) is 30.6 Å². The summed E-state index contributed by atoms with van der Waals surface area (Å²) in [6.45, 7) is 9.89. The molecule has 2 rings (SSSR count). The van der Waals surface area contributed by atoms with E-state index in [1.54, 1.807) is 0 Å². The van der Waals surface area contributed by atoms with E-state index >= 15 is 0 Å². The molecule has 0 atom stereocenters. The molecule has 1 aliphatic heterocycles. The van der Waals surface area contributed by atoms with Crippen molar-refractivity contribution >= 4 is 27.9 Å². The second kappa shape index (κ2) is 4.91. The molecule has 0 aromatic heterocycles. The Labute approximate surface area is 123 Å². The first-order chi connectivity index (χ1) is 8.72. The molecule has 104 valence electrons. The van der Waals surface area contributed by atoms with E-state index in [1.807, 2.05) is 18.2 Å². The van der Waals surface area contributed by atoms with Gasteiger partial charge in [0.2, 0.25) is 0 Å². The number of anilines is 1. The van der Waals surface area contributed by atoms with Gasteiger partial charge in [0.05, 0.1) is 11.2 Å². The summed E-state index contributed by atoms with van der Waals surface area (Å²) in [6, 6.07) is 5.82. The van der Waals surface area contributed by atoms with Gasteiger partial charge < -0.3 is 9.64 Å². The number of morpholine rings is 1. The molecule has 0 amide bonds. The fourth-order valence-electron chi connectivity index (χ4n) is 2.87. The maximum absolute atomic E-state index is 11.3. The monoisotopic (exact) mass is 325 g/mol. The molecule has 0 aliphatic carbocycles. The highest BCUT2D eigenvalue weighted by atomic mass is 79.9. The van der Waals surface area contributed by atoms with Gasteiger partial charge in [0.15, 0.2) is 6.29 Å². The van der Waals surface area contributed by atoms with E-state index < -0.39 is 0 Å². The SMILES string of the molecule is CC1(C)CN(c2ccc(Br)cc2C=O)CC(C)(C)O1. The summed E-state index contributed by atoms with van der Waals surface area (Å²) in [6.07, 6.45) is 0.912. The van der Waals surface area contributed by atoms with Crippen LogP contribution in [-0.2, 0) is 4.74 Å². The fourth-order valence-corrected chi connectivity index (χ4v) is 3.24. The summed E-state index contributed by atoms with van der Waals surface area (Å²) in [5, 5.41) is 0. The third-order valence-corrected chi connectivity index (χ3v) is 3.65. The van der Waals surface area contributed by atoms with Crippen LogP contribution in [0.3, 0.4) is 0 Å². The lowest BCUT2D eigenvalue weighted by molar-refractivity contribution is -0.133. The lowest BCUT2D eigenvalue weighted by Gasteiger charge is -2.48. The number of hydrogen-bond acceptors (Lipinski definition) is 3. The van der Waals surface area contributed by atoms with Crippen molar-refractivity contribution in [3.8, 4) is 0 Å². The van der Waals surface area contributed by atoms with E-state index in [1.165, 1.54) is 0 Å². The number of hydrogen-bond donors (Lipinski definition) is 0. The molecular formula is C15H20BrNO2. The third-order valence-electron chi connectivity index (χ3n) is 3.15. The molecule has 1 aromatic carbocycles. The Morgan fingerprint density at radius 1 is 1.21 bits per heavy atom. The third kappa shape index (κ3) is 3.37. The molecule has 1 saturated heterocycles. The molecule has 4 heteroatoms. The first-order valence-electron chi connectivity index (χ1n) is 6.42. The van der Waals surface area contributed by atoms with Crippen LogP contribution in [0.25, 0.3) is 0 Å². The van der Waals surface area contributed by atoms with Gasteiger partial charge in [0, 0.05) is 28.8 Å². The fraction of sp³-hybridized carbons (Fsp3) is 0.533. The highest BCUT2D eigenvalue weighted by Gasteiger charge is 2.38. The van der Waals surface area contributed by atoms with Crippen molar-refractivity contribution in [3.63, 3.8) is 0 Å². The molecule has 0 bridgehead atoms. The van der Waals surface area contributed by atoms with E-state index in [9.17, 15) is 4.79 Å². The maximum Gasteiger partial charge on any atom is 0.152 e. The lowest BCUT2D eigenvalue weighted by atomic mass is 9.97. The van der Waals surface area contributed by atoms with Crippen molar-refractivity contribution in [2.24, 2.45) is 0 Å². The topological polar surface area (TPSA) is 29.5 Å². The lowest BCUT2D eigenvalue weighted by Crippen LogP contribution is -2.57. The molecule has 0 saturated carbocycles. The van der Waals surface area contributed by atoms with Crippen LogP contribution in [0.5, 0.6) is 0 Å². The van der Waals surface area contributed by atoms with Crippen molar-refractivity contribution in [2.45, 2.75) is 38.9 Å². The summed E-state index contributed by atoms with van der Waals surface area (Å²) in [4.78, 5) is 13.5. The Kier molecular flexibility index (Phi) is 3.76.